The molecule has 0 bridgehead atoms. The fourth-order valence-corrected chi connectivity index (χ4v) is 1.92. The van der Waals surface area contributed by atoms with Gasteiger partial charge in [-0.15, -0.1) is 11.3 Å². The molecule has 0 aliphatic rings. The number of ether oxygens (including phenoxy) is 1. The van der Waals surface area contributed by atoms with Crippen LogP contribution in [0.5, 0.6) is 0 Å². The number of esters is 1. The molecule has 0 N–H and O–H groups in total. The molecule has 0 saturated carbocycles. The zero-order chi connectivity index (χ0) is 11.4. The minimum absolute atomic E-state index is 0.302. The number of benzene rings is 1. The summed E-state index contributed by atoms with van der Waals surface area (Å²) in [6, 6.07) is 9.61. The number of nitrogens with zero attached hydrogens (tertiary/aromatic N) is 1. The van der Waals surface area contributed by atoms with Gasteiger partial charge in [-0.1, -0.05) is 30.3 Å². The van der Waals surface area contributed by atoms with Gasteiger partial charge in [-0.05, 0) is 12.5 Å². The van der Waals surface area contributed by atoms with Crippen molar-refractivity contribution in [3.8, 4) is 0 Å². The second kappa shape index (κ2) is 4.90. The lowest BCUT2D eigenvalue weighted by Gasteiger charge is -2.02. The van der Waals surface area contributed by atoms with Crippen molar-refractivity contribution < 1.29 is 9.53 Å². The SMILES string of the molecule is Cc1ncc(C(=O)OCc2ccccc2)s1. The van der Waals surface area contributed by atoms with Crippen LogP contribution in [0.2, 0.25) is 0 Å². The van der Waals surface area contributed by atoms with Crippen molar-refractivity contribution in [1.82, 2.24) is 4.98 Å². The summed E-state index contributed by atoms with van der Waals surface area (Å²) in [5.41, 5.74) is 0.983. The number of rotatable bonds is 3. The number of carbonyl (C=O) groups is 1. The van der Waals surface area contributed by atoms with E-state index in [-0.39, 0.29) is 5.97 Å². The quantitative estimate of drug-likeness (QED) is 0.765. The Morgan fingerprint density at radius 3 is 2.75 bits per heavy atom. The second-order valence-electron chi connectivity index (χ2n) is 3.31. The summed E-state index contributed by atoms with van der Waals surface area (Å²) < 4.78 is 5.16. The van der Waals surface area contributed by atoms with E-state index in [9.17, 15) is 4.79 Å². The van der Waals surface area contributed by atoms with Crippen molar-refractivity contribution >= 4 is 17.3 Å². The summed E-state index contributed by atoms with van der Waals surface area (Å²) in [7, 11) is 0. The van der Waals surface area contributed by atoms with Crippen LogP contribution in [0, 0.1) is 6.92 Å². The van der Waals surface area contributed by atoms with Gasteiger partial charge in [0, 0.05) is 0 Å². The molecule has 4 heteroatoms. The Hall–Kier alpha value is -1.68. The molecule has 16 heavy (non-hydrogen) atoms. The standard InChI is InChI=1S/C12H11NO2S/c1-9-13-7-11(16-9)12(14)15-8-10-5-3-2-4-6-10/h2-7H,8H2,1H3. The zero-order valence-electron chi connectivity index (χ0n) is 8.84. The van der Waals surface area contributed by atoms with Gasteiger partial charge in [0.2, 0.25) is 0 Å². The summed E-state index contributed by atoms with van der Waals surface area (Å²) in [6.07, 6.45) is 1.55. The summed E-state index contributed by atoms with van der Waals surface area (Å²) in [6.45, 7) is 2.16. The fourth-order valence-electron chi connectivity index (χ4n) is 1.25. The molecule has 0 unspecified atom stereocenters. The largest absolute Gasteiger partial charge is 0.457 e. The number of aromatic nitrogens is 1. The molecule has 0 spiro atoms. The highest BCUT2D eigenvalue weighted by atomic mass is 32.1. The number of thiazole rings is 1. The molecule has 1 aromatic carbocycles. The highest BCUT2D eigenvalue weighted by Crippen LogP contribution is 2.13. The molecule has 2 aromatic rings. The minimum Gasteiger partial charge on any atom is -0.457 e. The van der Waals surface area contributed by atoms with Gasteiger partial charge < -0.3 is 4.74 Å². The Kier molecular flexibility index (Phi) is 3.31. The van der Waals surface area contributed by atoms with Crippen molar-refractivity contribution in [2.45, 2.75) is 13.5 Å². The van der Waals surface area contributed by atoms with Crippen LogP contribution < -0.4 is 0 Å². The Bertz CT molecular complexity index is 479. The van der Waals surface area contributed by atoms with E-state index < -0.39 is 0 Å². The maximum absolute atomic E-state index is 11.6. The number of aryl methyl sites for hydroxylation is 1. The van der Waals surface area contributed by atoms with Crippen molar-refractivity contribution in [3.05, 3.63) is 52.0 Å². The van der Waals surface area contributed by atoms with Crippen molar-refractivity contribution in [3.63, 3.8) is 0 Å². The third kappa shape index (κ3) is 2.67. The normalized spacial score (nSPS) is 10.1. The monoisotopic (exact) mass is 233 g/mol. The summed E-state index contributed by atoms with van der Waals surface area (Å²) in [5.74, 6) is -0.311. The highest BCUT2D eigenvalue weighted by molar-refractivity contribution is 7.13. The maximum atomic E-state index is 11.6. The Balaban J connectivity index is 1.94. The first-order valence-corrected chi connectivity index (χ1v) is 5.71. The molecular weight excluding hydrogens is 222 g/mol. The molecule has 1 heterocycles. The fraction of sp³-hybridized carbons (Fsp3) is 0.167. The van der Waals surface area contributed by atoms with Crippen molar-refractivity contribution in [2.24, 2.45) is 0 Å². The first kappa shape index (κ1) is 10.8. The zero-order valence-corrected chi connectivity index (χ0v) is 9.66. The third-order valence-corrected chi connectivity index (χ3v) is 2.93. The lowest BCUT2D eigenvalue weighted by molar-refractivity contribution is 0.0478. The van der Waals surface area contributed by atoms with Crippen LogP contribution in [-0.2, 0) is 11.3 Å². The van der Waals surface area contributed by atoms with Gasteiger partial charge in [-0.2, -0.15) is 0 Å². The summed E-state index contributed by atoms with van der Waals surface area (Å²) in [5, 5.41) is 0.867. The third-order valence-electron chi connectivity index (χ3n) is 2.04. The molecule has 0 radical (unpaired) electrons. The molecule has 1 aromatic heterocycles. The van der Waals surface area contributed by atoms with Crippen LogP contribution in [0.4, 0.5) is 0 Å². The predicted octanol–water partition coefficient (Wildman–Crippen LogP) is 2.81. The van der Waals surface area contributed by atoms with Gasteiger partial charge in [0.05, 0.1) is 11.2 Å². The van der Waals surface area contributed by atoms with Crippen LogP contribution in [0.15, 0.2) is 36.5 Å². The predicted molar refractivity (Wildman–Crippen MR) is 62.4 cm³/mol. The molecule has 0 atom stereocenters. The molecule has 0 aliphatic heterocycles. The summed E-state index contributed by atoms with van der Waals surface area (Å²) in [4.78, 5) is 16.1. The lowest BCUT2D eigenvalue weighted by Crippen LogP contribution is -2.02. The first-order valence-electron chi connectivity index (χ1n) is 4.89. The van der Waals surface area contributed by atoms with Gasteiger partial charge in [0.15, 0.2) is 0 Å². The minimum atomic E-state index is -0.311. The van der Waals surface area contributed by atoms with E-state index in [2.05, 4.69) is 4.98 Å². The Morgan fingerprint density at radius 2 is 2.12 bits per heavy atom. The Labute approximate surface area is 97.7 Å². The Morgan fingerprint density at radius 1 is 1.38 bits per heavy atom. The van der Waals surface area contributed by atoms with Crippen LogP contribution >= 0.6 is 11.3 Å². The van der Waals surface area contributed by atoms with Crippen molar-refractivity contribution in [1.29, 1.82) is 0 Å². The van der Waals surface area contributed by atoms with Gasteiger partial charge in [-0.25, -0.2) is 9.78 Å². The van der Waals surface area contributed by atoms with E-state index in [1.54, 1.807) is 6.20 Å². The van der Waals surface area contributed by atoms with Crippen molar-refractivity contribution in [2.75, 3.05) is 0 Å². The van der Waals surface area contributed by atoms with Crippen LogP contribution in [0.1, 0.15) is 20.2 Å². The lowest BCUT2D eigenvalue weighted by atomic mass is 10.2. The number of hydrogen-bond acceptors (Lipinski definition) is 4. The van der Waals surface area contributed by atoms with Gasteiger partial charge in [-0.3, -0.25) is 0 Å². The maximum Gasteiger partial charge on any atom is 0.350 e. The van der Waals surface area contributed by atoms with E-state index in [1.807, 2.05) is 37.3 Å². The van der Waals surface area contributed by atoms with E-state index in [1.165, 1.54) is 11.3 Å². The van der Waals surface area contributed by atoms with Crippen LogP contribution in [0.3, 0.4) is 0 Å². The van der Waals surface area contributed by atoms with Crippen LogP contribution in [-0.4, -0.2) is 11.0 Å². The average molecular weight is 233 g/mol. The average Bonchev–Trinajstić information content (AvgIpc) is 2.74. The van der Waals surface area contributed by atoms with E-state index in [4.69, 9.17) is 4.74 Å². The van der Waals surface area contributed by atoms with Crippen LogP contribution in [0.25, 0.3) is 0 Å². The van der Waals surface area contributed by atoms with E-state index in [0.29, 0.717) is 11.5 Å². The van der Waals surface area contributed by atoms with Gasteiger partial charge in [0.1, 0.15) is 11.5 Å². The smallest absolute Gasteiger partial charge is 0.350 e. The molecule has 2 rings (SSSR count). The van der Waals surface area contributed by atoms with Gasteiger partial charge >= 0.3 is 5.97 Å². The first-order chi connectivity index (χ1) is 7.75. The molecule has 0 saturated heterocycles. The highest BCUT2D eigenvalue weighted by Gasteiger charge is 2.10. The topological polar surface area (TPSA) is 39.2 Å². The molecule has 82 valence electrons. The number of carbonyl (C=O) groups excluding carboxylic acids is 1. The molecule has 3 nitrogen and oxygen atoms in total. The molecule has 0 aliphatic carbocycles. The van der Waals surface area contributed by atoms with Gasteiger partial charge in [0.25, 0.3) is 0 Å². The second-order valence-corrected chi connectivity index (χ2v) is 4.54. The van der Waals surface area contributed by atoms with E-state index >= 15 is 0 Å². The summed E-state index contributed by atoms with van der Waals surface area (Å²) >= 11 is 1.35. The molecular formula is C12H11NO2S. The van der Waals surface area contributed by atoms with E-state index in [0.717, 1.165) is 10.6 Å². The number of hydrogen-bond donors (Lipinski definition) is 0. The molecule has 0 fully saturated rings. The molecule has 0 amide bonds.